The quantitative estimate of drug-likeness (QED) is 0.396. The zero-order valence-corrected chi connectivity index (χ0v) is 15.4. The molecule has 0 atom stereocenters. The first-order chi connectivity index (χ1) is 8.06. The van der Waals surface area contributed by atoms with E-state index in [-0.39, 0.29) is 83.1 Å². The summed E-state index contributed by atoms with van der Waals surface area (Å²) in [6, 6.07) is 8.77. The average Bonchev–Trinajstić information content (AvgIpc) is 2.29. The summed E-state index contributed by atoms with van der Waals surface area (Å²) < 4.78 is 0. The molecule has 1 aromatic rings. The van der Waals surface area contributed by atoms with Crippen LogP contribution in [0.3, 0.4) is 0 Å². The second kappa shape index (κ2) is 10.7. The van der Waals surface area contributed by atoms with Crippen molar-refractivity contribution in [2.45, 2.75) is 19.8 Å². The van der Waals surface area contributed by atoms with Crippen molar-refractivity contribution >= 4 is 11.9 Å². The third kappa shape index (κ3) is 6.75. The first-order valence-electron chi connectivity index (χ1n) is 5.24. The summed E-state index contributed by atoms with van der Waals surface area (Å²) in [5, 5.41) is 21.8. The van der Waals surface area contributed by atoms with Crippen LogP contribution in [0.1, 0.15) is 18.9 Å². The van der Waals surface area contributed by atoms with Crippen molar-refractivity contribution in [2.24, 2.45) is 0 Å². The SMILES string of the molecule is CCC(C(=O)[O-])=C(Cc1ccccc1)C(=O)[O-].[Na+].[Na+]. The number of benzene rings is 1. The summed E-state index contributed by atoms with van der Waals surface area (Å²) in [4.78, 5) is 21.8. The van der Waals surface area contributed by atoms with E-state index in [1.54, 1.807) is 37.3 Å². The molecule has 1 rings (SSSR count). The first kappa shape index (κ1) is 21.2. The Morgan fingerprint density at radius 3 is 1.79 bits per heavy atom. The molecule has 0 aliphatic carbocycles. The Kier molecular flexibility index (Phi) is 11.9. The van der Waals surface area contributed by atoms with Gasteiger partial charge in [0.15, 0.2) is 0 Å². The van der Waals surface area contributed by atoms with Crippen LogP contribution >= 0.6 is 0 Å². The molecule has 0 aliphatic rings. The van der Waals surface area contributed by atoms with Gasteiger partial charge in [-0.2, -0.15) is 0 Å². The Labute approximate surface area is 156 Å². The third-order valence-electron chi connectivity index (χ3n) is 2.43. The second-order valence-electron chi connectivity index (χ2n) is 3.55. The van der Waals surface area contributed by atoms with Gasteiger partial charge in [0.1, 0.15) is 0 Å². The maximum absolute atomic E-state index is 10.9. The van der Waals surface area contributed by atoms with Gasteiger partial charge in [0.2, 0.25) is 0 Å². The van der Waals surface area contributed by atoms with Gasteiger partial charge < -0.3 is 19.8 Å². The van der Waals surface area contributed by atoms with Gasteiger partial charge >= 0.3 is 59.1 Å². The molecule has 90 valence electrons. The van der Waals surface area contributed by atoms with Crippen molar-refractivity contribution in [2.75, 3.05) is 0 Å². The summed E-state index contributed by atoms with van der Waals surface area (Å²) in [7, 11) is 0. The number of hydrogen-bond donors (Lipinski definition) is 0. The van der Waals surface area contributed by atoms with Crippen LogP contribution in [0.5, 0.6) is 0 Å². The van der Waals surface area contributed by atoms with Crippen molar-refractivity contribution in [3.05, 3.63) is 47.0 Å². The second-order valence-corrected chi connectivity index (χ2v) is 3.55. The molecule has 4 nitrogen and oxygen atoms in total. The predicted octanol–water partition coefficient (Wildman–Crippen LogP) is -6.56. The fraction of sp³-hybridized carbons (Fsp3) is 0.231. The number of hydrogen-bond acceptors (Lipinski definition) is 4. The smallest absolute Gasteiger partial charge is 0.545 e. The summed E-state index contributed by atoms with van der Waals surface area (Å²) in [5.74, 6) is -2.92. The van der Waals surface area contributed by atoms with Crippen LogP contribution in [0.25, 0.3) is 0 Å². The van der Waals surface area contributed by atoms with Gasteiger partial charge in [-0.3, -0.25) is 0 Å². The van der Waals surface area contributed by atoms with E-state index in [0.29, 0.717) is 0 Å². The molecule has 0 radical (unpaired) electrons. The average molecular weight is 278 g/mol. The van der Waals surface area contributed by atoms with E-state index in [0.717, 1.165) is 5.56 Å². The van der Waals surface area contributed by atoms with E-state index in [4.69, 9.17) is 0 Å². The largest absolute Gasteiger partial charge is 1.00 e. The van der Waals surface area contributed by atoms with Gasteiger partial charge in [0.25, 0.3) is 0 Å². The molecule has 0 unspecified atom stereocenters. The minimum absolute atomic E-state index is 0. The molecule has 0 saturated carbocycles. The standard InChI is InChI=1S/C13H14O4.2Na/c1-2-10(12(14)15)11(13(16)17)8-9-6-4-3-5-7-9;;/h3-7H,2,8H2,1H3,(H,14,15)(H,16,17);;/q;2*+1/p-2. The minimum Gasteiger partial charge on any atom is -0.545 e. The van der Waals surface area contributed by atoms with Crippen LogP contribution < -0.4 is 69.3 Å². The molecule has 0 bridgehead atoms. The van der Waals surface area contributed by atoms with E-state index in [1.807, 2.05) is 0 Å². The molecule has 0 spiro atoms. The van der Waals surface area contributed by atoms with Crippen LogP contribution in [0, 0.1) is 0 Å². The topological polar surface area (TPSA) is 80.3 Å². The van der Waals surface area contributed by atoms with E-state index in [1.165, 1.54) is 0 Å². The third-order valence-corrected chi connectivity index (χ3v) is 2.43. The number of carbonyl (C=O) groups excluding carboxylic acids is 2. The monoisotopic (exact) mass is 278 g/mol. The fourth-order valence-corrected chi connectivity index (χ4v) is 1.58. The molecule has 0 fully saturated rings. The maximum Gasteiger partial charge on any atom is 1.00 e. The zero-order chi connectivity index (χ0) is 12.8. The van der Waals surface area contributed by atoms with E-state index >= 15 is 0 Å². The summed E-state index contributed by atoms with van der Waals surface area (Å²) >= 11 is 0. The van der Waals surface area contributed by atoms with Gasteiger partial charge in [0.05, 0.1) is 11.9 Å². The molecule has 0 aliphatic heterocycles. The zero-order valence-electron chi connectivity index (χ0n) is 11.4. The van der Waals surface area contributed by atoms with E-state index in [9.17, 15) is 19.8 Å². The van der Waals surface area contributed by atoms with Gasteiger partial charge in [-0.05, 0) is 29.6 Å². The van der Waals surface area contributed by atoms with Gasteiger partial charge in [-0.25, -0.2) is 0 Å². The van der Waals surface area contributed by atoms with Crippen LogP contribution in [0.2, 0.25) is 0 Å². The Morgan fingerprint density at radius 2 is 1.42 bits per heavy atom. The maximum atomic E-state index is 10.9. The van der Waals surface area contributed by atoms with Crippen molar-refractivity contribution in [3.63, 3.8) is 0 Å². The molecule has 19 heavy (non-hydrogen) atoms. The molecule has 1 aromatic carbocycles. The molecule has 0 amide bonds. The van der Waals surface area contributed by atoms with E-state index < -0.39 is 11.9 Å². The van der Waals surface area contributed by atoms with Gasteiger partial charge in [-0.15, -0.1) is 0 Å². The number of carboxylic acid groups (broad SMARTS) is 2. The molecule has 0 heterocycles. The Balaban J connectivity index is 0. The van der Waals surface area contributed by atoms with Crippen molar-refractivity contribution < 1.29 is 78.9 Å². The fourth-order valence-electron chi connectivity index (χ4n) is 1.58. The number of carbonyl (C=O) groups is 2. The van der Waals surface area contributed by atoms with Crippen LogP contribution in [0.4, 0.5) is 0 Å². The van der Waals surface area contributed by atoms with Crippen LogP contribution in [0.15, 0.2) is 41.5 Å². The molecule has 0 aromatic heterocycles. The normalized spacial score (nSPS) is 10.6. The summed E-state index contributed by atoms with van der Waals surface area (Å²) in [5.41, 5.74) is 0.284. The number of rotatable bonds is 5. The van der Waals surface area contributed by atoms with Crippen LogP contribution in [-0.4, -0.2) is 11.9 Å². The Hall–Kier alpha value is -0.1000. The Morgan fingerprint density at radius 1 is 0.947 bits per heavy atom. The first-order valence-corrected chi connectivity index (χ1v) is 5.24. The van der Waals surface area contributed by atoms with E-state index in [2.05, 4.69) is 0 Å². The van der Waals surface area contributed by atoms with Gasteiger partial charge in [0, 0.05) is 0 Å². The molecule has 0 saturated heterocycles. The number of carboxylic acids is 2. The molecule has 0 N–H and O–H groups in total. The summed E-state index contributed by atoms with van der Waals surface area (Å²) in [6.07, 6.45) is 0.124. The van der Waals surface area contributed by atoms with Crippen molar-refractivity contribution in [1.82, 2.24) is 0 Å². The molecular formula is C13H12Na2O4. The van der Waals surface area contributed by atoms with Gasteiger partial charge in [-0.1, -0.05) is 37.3 Å². The molecular weight excluding hydrogens is 266 g/mol. The van der Waals surface area contributed by atoms with Crippen LogP contribution in [-0.2, 0) is 16.0 Å². The minimum atomic E-state index is -1.46. The summed E-state index contributed by atoms with van der Waals surface area (Å²) in [6.45, 7) is 1.57. The van der Waals surface area contributed by atoms with Crippen molar-refractivity contribution in [3.8, 4) is 0 Å². The number of aliphatic carboxylic acids is 2. The predicted molar refractivity (Wildman–Crippen MR) is 57.5 cm³/mol. The van der Waals surface area contributed by atoms with Crippen molar-refractivity contribution in [1.29, 1.82) is 0 Å². The Bertz CT molecular complexity index is 455. The molecule has 6 heteroatoms.